The van der Waals surface area contributed by atoms with Gasteiger partial charge >= 0.3 is 0 Å². The number of fused-ring (bicyclic) bond motifs is 1. The fourth-order valence-corrected chi connectivity index (χ4v) is 4.13. The number of nitrogens with zero attached hydrogens (tertiary/aromatic N) is 5. The minimum atomic E-state index is 0.376. The van der Waals surface area contributed by atoms with Gasteiger partial charge in [-0.25, -0.2) is 9.50 Å². The molecule has 1 N–H and O–H groups in total. The van der Waals surface area contributed by atoms with Crippen molar-refractivity contribution < 1.29 is 0 Å². The molecule has 5 rings (SSSR count). The summed E-state index contributed by atoms with van der Waals surface area (Å²) in [7, 11) is 0. The van der Waals surface area contributed by atoms with Gasteiger partial charge in [0.1, 0.15) is 0 Å². The Hall–Kier alpha value is -3.25. The molecule has 0 unspecified atom stereocenters. The van der Waals surface area contributed by atoms with Gasteiger partial charge in [-0.3, -0.25) is 9.88 Å². The zero-order chi connectivity index (χ0) is 20.2. The Bertz CT molecular complexity index is 1090. The van der Waals surface area contributed by atoms with E-state index in [9.17, 15) is 0 Å². The van der Waals surface area contributed by atoms with Crippen molar-refractivity contribution in [1.82, 2.24) is 24.5 Å². The molecule has 0 amide bonds. The summed E-state index contributed by atoms with van der Waals surface area (Å²) in [5.74, 6) is 1.33. The Morgan fingerprint density at radius 1 is 0.967 bits per heavy atom. The predicted molar refractivity (Wildman–Crippen MR) is 118 cm³/mol. The van der Waals surface area contributed by atoms with E-state index in [0.29, 0.717) is 5.92 Å². The van der Waals surface area contributed by atoms with Crippen molar-refractivity contribution in [3.05, 3.63) is 90.1 Å². The van der Waals surface area contributed by atoms with E-state index in [2.05, 4.69) is 57.7 Å². The Morgan fingerprint density at radius 3 is 2.70 bits per heavy atom. The quantitative estimate of drug-likeness (QED) is 0.530. The van der Waals surface area contributed by atoms with Crippen LogP contribution in [0.25, 0.3) is 5.65 Å². The van der Waals surface area contributed by atoms with Crippen molar-refractivity contribution in [1.29, 1.82) is 0 Å². The molecule has 1 fully saturated rings. The van der Waals surface area contributed by atoms with Crippen molar-refractivity contribution >= 4 is 11.3 Å². The lowest BCUT2D eigenvalue weighted by Gasteiger charge is -2.31. The van der Waals surface area contributed by atoms with E-state index in [0.717, 1.165) is 49.8 Å². The lowest BCUT2D eigenvalue weighted by molar-refractivity contribution is 0.196. The van der Waals surface area contributed by atoms with Gasteiger partial charge in [0.15, 0.2) is 11.5 Å². The molecule has 6 heteroatoms. The van der Waals surface area contributed by atoms with Crippen LogP contribution in [0.2, 0.25) is 0 Å². The first kappa shape index (κ1) is 18.8. The van der Waals surface area contributed by atoms with E-state index in [-0.39, 0.29) is 0 Å². The second-order valence-electron chi connectivity index (χ2n) is 7.96. The van der Waals surface area contributed by atoms with E-state index in [1.54, 1.807) is 0 Å². The maximum Gasteiger partial charge on any atom is 0.156 e. The Balaban J connectivity index is 1.27. The monoisotopic (exact) mass is 398 g/mol. The van der Waals surface area contributed by atoms with Crippen LogP contribution in [-0.4, -0.2) is 37.6 Å². The topological polar surface area (TPSA) is 58.4 Å². The first-order valence-corrected chi connectivity index (χ1v) is 10.6. The highest BCUT2D eigenvalue weighted by Crippen LogP contribution is 2.26. The standard InChI is InChI=1S/C24H26N6/c1-2-5-19(6-3-1)15-26-22-8-9-23-27-24(28-30(23)18-22)21-7-4-14-29(17-21)16-20-10-12-25-13-11-20/h1-3,5-6,8-13,18,21,26H,4,7,14-17H2/t21-/m1/s1. The van der Waals surface area contributed by atoms with Crippen LogP contribution in [0.1, 0.15) is 35.7 Å². The first-order valence-electron chi connectivity index (χ1n) is 10.6. The number of piperidine rings is 1. The van der Waals surface area contributed by atoms with Gasteiger partial charge in [0.05, 0.1) is 11.9 Å². The number of likely N-dealkylation sites (tertiary alicyclic amines) is 1. The van der Waals surface area contributed by atoms with E-state index in [1.807, 2.05) is 35.2 Å². The molecule has 1 saturated heterocycles. The summed E-state index contributed by atoms with van der Waals surface area (Å²) in [6.07, 6.45) is 8.08. The molecule has 0 spiro atoms. The molecule has 4 aromatic rings. The minimum Gasteiger partial charge on any atom is -0.380 e. The summed E-state index contributed by atoms with van der Waals surface area (Å²) >= 11 is 0. The molecule has 1 atom stereocenters. The number of pyridine rings is 2. The van der Waals surface area contributed by atoms with Crippen LogP contribution >= 0.6 is 0 Å². The SMILES string of the molecule is c1ccc(CNc2ccc3nc([C@@H]4CCCN(Cc5ccncc5)C4)nn3c2)cc1. The van der Waals surface area contributed by atoms with Crippen LogP contribution in [0, 0.1) is 0 Å². The van der Waals surface area contributed by atoms with Crippen molar-refractivity contribution in [2.24, 2.45) is 0 Å². The van der Waals surface area contributed by atoms with Crippen molar-refractivity contribution in [3.8, 4) is 0 Å². The van der Waals surface area contributed by atoms with Gasteiger partial charge in [0, 0.05) is 37.9 Å². The van der Waals surface area contributed by atoms with Gasteiger partial charge in [-0.2, -0.15) is 5.10 Å². The molecule has 3 aromatic heterocycles. The molecule has 0 aliphatic carbocycles. The molecular formula is C24H26N6. The highest BCUT2D eigenvalue weighted by Gasteiger charge is 2.24. The highest BCUT2D eigenvalue weighted by molar-refractivity contribution is 5.49. The Labute approximate surface area is 176 Å². The largest absolute Gasteiger partial charge is 0.380 e. The van der Waals surface area contributed by atoms with Crippen molar-refractivity contribution in [2.45, 2.75) is 31.8 Å². The number of anilines is 1. The zero-order valence-corrected chi connectivity index (χ0v) is 17.0. The van der Waals surface area contributed by atoms with E-state index < -0.39 is 0 Å². The summed E-state index contributed by atoms with van der Waals surface area (Å²) < 4.78 is 1.91. The molecule has 1 aromatic carbocycles. The van der Waals surface area contributed by atoms with Gasteiger partial charge in [-0.15, -0.1) is 0 Å². The summed E-state index contributed by atoms with van der Waals surface area (Å²) in [4.78, 5) is 11.4. The smallest absolute Gasteiger partial charge is 0.156 e. The van der Waals surface area contributed by atoms with Crippen LogP contribution in [0.5, 0.6) is 0 Å². The molecule has 1 aliphatic rings. The number of benzene rings is 1. The summed E-state index contributed by atoms with van der Waals surface area (Å²) in [5.41, 5.74) is 4.52. The molecule has 1 aliphatic heterocycles. The van der Waals surface area contributed by atoms with Gasteiger partial charge in [0.25, 0.3) is 0 Å². The number of hydrogen-bond donors (Lipinski definition) is 1. The zero-order valence-electron chi connectivity index (χ0n) is 17.0. The normalized spacial score (nSPS) is 17.3. The fourth-order valence-electron chi connectivity index (χ4n) is 4.13. The maximum atomic E-state index is 4.82. The number of rotatable bonds is 6. The molecule has 152 valence electrons. The van der Waals surface area contributed by atoms with Gasteiger partial charge in [-0.05, 0) is 54.8 Å². The average molecular weight is 399 g/mol. The molecule has 0 bridgehead atoms. The highest BCUT2D eigenvalue weighted by atomic mass is 15.3. The molecule has 6 nitrogen and oxygen atoms in total. The number of aromatic nitrogens is 4. The minimum absolute atomic E-state index is 0.376. The van der Waals surface area contributed by atoms with E-state index >= 15 is 0 Å². The van der Waals surface area contributed by atoms with E-state index in [1.165, 1.54) is 17.5 Å². The second kappa shape index (κ2) is 8.63. The Kier molecular flexibility index (Phi) is 5.40. The van der Waals surface area contributed by atoms with Crippen LogP contribution in [-0.2, 0) is 13.1 Å². The van der Waals surface area contributed by atoms with Gasteiger partial charge < -0.3 is 5.32 Å². The molecule has 0 radical (unpaired) electrons. The fraction of sp³-hybridized carbons (Fsp3) is 0.292. The second-order valence-corrected chi connectivity index (χ2v) is 7.96. The lowest BCUT2D eigenvalue weighted by Crippen LogP contribution is -2.34. The number of hydrogen-bond acceptors (Lipinski definition) is 5. The third kappa shape index (κ3) is 4.33. The van der Waals surface area contributed by atoms with Gasteiger partial charge in [0.2, 0.25) is 0 Å². The van der Waals surface area contributed by atoms with E-state index in [4.69, 9.17) is 10.1 Å². The predicted octanol–water partition coefficient (Wildman–Crippen LogP) is 4.12. The molecule has 0 saturated carbocycles. The third-order valence-electron chi connectivity index (χ3n) is 5.71. The van der Waals surface area contributed by atoms with Crippen LogP contribution in [0.15, 0.2) is 73.2 Å². The molecule has 4 heterocycles. The Morgan fingerprint density at radius 2 is 1.83 bits per heavy atom. The molecular weight excluding hydrogens is 372 g/mol. The van der Waals surface area contributed by atoms with Crippen molar-refractivity contribution in [3.63, 3.8) is 0 Å². The van der Waals surface area contributed by atoms with Gasteiger partial charge in [-0.1, -0.05) is 30.3 Å². The summed E-state index contributed by atoms with van der Waals surface area (Å²) in [6.45, 7) is 3.87. The van der Waals surface area contributed by atoms with Crippen LogP contribution < -0.4 is 5.32 Å². The summed E-state index contributed by atoms with van der Waals surface area (Å²) in [6, 6.07) is 18.7. The van der Waals surface area contributed by atoms with Crippen LogP contribution in [0.4, 0.5) is 5.69 Å². The van der Waals surface area contributed by atoms with Crippen LogP contribution in [0.3, 0.4) is 0 Å². The number of nitrogens with one attached hydrogen (secondary N) is 1. The lowest BCUT2D eigenvalue weighted by atomic mass is 9.97. The third-order valence-corrected chi connectivity index (χ3v) is 5.71. The van der Waals surface area contributed by atoms with Crippen molar-refractivity contribution in [2.75, 3.05) is 18.4 Å². The molecule has 30 heavy (non-hydrogen) atoms. The first-order chi connectivity index (χ1) is 14.8. The maximum absolute atomic E-state index is 4.82. The summed E-state index contributed by atoms with van der Waals surface area (Å²) in [5, 5.41) is 8.30. The average Bonchev–Trinajstić information content (AvgIpc) is 3.23.